The molecular weight excluding hydrogens is 204 g/mol. The first-order chi connectivity index (χ1) is 7.67. The van der Waals surface area contributed by atoms with Crippen LogP contribution in [0.2, 0.25) is 0 Å². The van der Waals surface area contributed by atoms with E-state index in [4.69, 9.17) is 0 Å². The van der Waals surface area contributed by atoms with Crippen LogP contribution < -0.4 is 0 Å². The summed E-state index contributed by atoms with van der Waals surface area (Å²) < 4.78 is 4.60. The first kappa shape index (κ1) is 12.4. The molecule has 0 fully saturated rings. The number of ether oxygens (including phenoxy) is 1. The summed E-state index contributed by atoms with van der Waals surface area (Å²) in [5, 5.41) is 0. The molecule has 0 amide bonds. The van der Waals surface area contributed by atoms with Gasteiger partial charge in [-0.05, 0) is 30.0 Å². The van der Waals surface area contributed by atoms with Crippen LogP contribution in [0.5, 0.6) is 0 Å². The number of hydrogen-bond donors (Lipinski definition) is 0. The molecular formula is C13H16O3. The molecule has 0 aliphatic heterocycles. The number of aryl methyl sites for hydroxylation is 2. The monoisotopic (exact) mass is 220 g/mol. The fourth-order valence-electron chi connectivity index (χ4n) is 1.60. The van der Waals surface area contributed by atoms with E-state index >= 15 is 0 Å². The Morgan fingerprint density at radius 2 is 2.19 bits per heavy atom. The minimum absolute atomic E-state index is 0.236. The van der Waals surface area contributed by atoms with Gasteiger partial charge in [-0.25, -0.2) is 0 Å². The predicted octanol–water partition coefficient (Wildman–Crippen LogP) is 1.84. The van der Waals surface area contributed by atoms with Gasteiger partial charge < -0.3 is 9.53 Å². The second-order valence-corrected chi connectivity index (χ2v) is 3.72. The molecule has 1 aromatic rings. The summed E-state index contributed by atoms with van der Waals surface area (Å²) in [7, 11) is 1.38. The summed E-state index contributed by atoms with van der Waals surface area (Å²) in [6.07, 6.45) is 2.51. The van der Waals surface area contributed by atoms with Gasteiger partial charge >= 0.3 is 5.97 Å². The average molecular weight is 220 g/mol. The zero-order valence-corrected chi connectivity index (χ0v) is 9.66. The Morgan fingerprint density at radius 3 is 2.75 bits per heavy atom. The smallest absolute Gasteiger partial charge is 0.309 e. The summed E-state index contributed by atoms with van der Waals surface area (Å²) in [6, 6.07) is 5.85. The van der Waals surface area contributed by atoms with E-state index in [2.05, 4.69) is 4.74 Å². The van der Waals surface area contributed by atoms with Gasteiger partial charge in [-0.3, -0.25) is 4.79 Å². The van der Waals surface area contributed by atoms with Gasteiger partial charge in [-0.1, -0.05) is 18.2 Å². The van der Waals surface area contributed by atoms with Crippen LogP contribution in [-0.2, 0) is 27.2 Å². The molecule has 0 aromatic heterocycles. The zero-order chi connectivity index (χ0) is 12.0. The van der Waals surface area contributed by atoms with Crippen molar-refractivity contribution in [2.45, 2.75) is 26.2 Å². The van der Waals surface area contributed by atoms with Crippen molar-refractivity contribution < 1.29 is 14.3 Å². The highest BCUT2D eigenvalue weighted by Gasteiger charge is 2.05. The Bertz CT molecular complexity index is 383. The lowest BCUT2D eigenvalue weighted by atomic mass is 10.0. The van der Waals surface area contributed by atoms with Crippen molar-refractivity contribution in [2.24, 2.45) is 0 Å². The van der Waals surface area contributed by atoms with E-state index in [0.717, 1.165) is 29.4 Å². The molecule has 3 heteroatoms. The molecule has 0 radical (unpaired) electrons. The Labute approximate surface area is 95.4 Å². The van der Waals surface area contributed by atoms with Crippen molar-refractivity contribution >= 4 is 12.3 Å². The average Bonchev–Trinajstić information content (AvgIpc) is 2.28. The quantitative estimate of drug-likeness (QED) is 0.561. The molecule has 1 rings (SSSR count). The molecule has 0 heterocycles. The first-order valence-corrected chi connectivity index (χ1v) is 5.26. The van der Waals surface area contributed by atoms with E-state index in [0.29, 0.717) is 12.8 Å². The number of aldehydes is 1. The minimum atomic E-state index is -0.236. The molecule has 0 aliphatic rings. The highest BCUT2D eigenvalue weighted by molar-refractivity contribution is 5.72. The maximum atomic E-state index is 11.1. The van der Waals surface area contributed by atoms with Crippen LogP contribution in [0, 0.1) is 6.92 Å². The van der Waals surface area contributed by atoms with E-state index in [1.807, 2.05) is 25.1 Å². The lowest BCUT2D eigenvalue weighted by Crippen LogP contribution is -2.05. The van der Waals surface area contributed by atoms with Crippen molar-refractivity contribution in [2.75, 3.05) is 7.11 Å². The molecule has 0 N–H and O–H groups in total. The predicted molar refractivity (Wildman–Crippen MR) is 61.3 cm³/mol. The third-order valence-electron chi connectivity index (χ3n) is 2.51. The number of hydrogen-bond acceptors (Lipinski definition) is 3. The lowest BCUT2D eigenvalue weighted by Gasteiger charge is -2.06. The number of benzene rings is 1. The van der Waals surface area contributed by atoms with Crippen LogP contribution in [0.3, 0.4) is 0 Å². The van der Waals surface area contributed by atoms with Crippen LogP contribution in [0.25, 0.3) is 0 Å². The molecule has 0 saturated carbocycles. The highest BCUT2D eigenvalue weighted by Crippen LogP contribution is 2.13. The topological polar surface area (TPSA) is 43.4 Å². The van der Waals surface area contributed by atoms with Gasteiger partial charge in [0.05, 0.1) is 13.5 Å². The second kappa shape index (κ2) is 6.05. The van der Waals surface area contributed by atoms with Crippen LogP contribution in [-0.4, -0.2) is 19.4 Å². The van der Waals surface area contributed by atoms with Gasteiger partial charge in [-0.2, -0.15) is 0 Å². The summed E-state index contributed by atoms with van der Waals surface area (Å²) in [6.45, 7) is 1.99. The van der Waals surface area contributed by atoms with Crippen LogP contribution in [0.1, 0.15) is 23.1 Å². The summed E-state index contributed by atoms with van der Waals surface area (Å²) in [5.74, 6) is -0.236. The molecule has 0 bridgehead atoms. The van der Waals surface area contributed by atoms with E-state index in [-0.39, 0.29) is 5.97 Å². The van der Waals surface area contributed by atoms with Crippen LogP contribution in [0.4, 0.5) is 0 Å². The van der Waals surface area contributed by atoms with Crippen molar-refractivity contribution in [3.63, 3.8) is 0 Å². The van der Waals surface area contributed by atoms with Gasteiger partial charge in [0.1, 0.15) is 6.29 Å². The fraction of sp³-hybridized carbons (Fsp3) is 0.385. The normalized spacial score (nSPS) is 9.88. The van der Waals surface area contributed by atoms with Crippen molar-refractivity contribution in [3.05, 3.63) is 34.9 Å². The fourth-order valence-corrected chi connectivity index (χ4v) is 1.60. The first-order valence-electron chi connectivity index (χ1n) is 5.26. The van der Waals surface area contributed by atoms with E-state index < -0.39 is 0 Å². The Morgan fingerprint density at radius 1 is 1.44 bits per heavy atom. The van der Waals surface area contributed by atoms with Crippen molar-refractivity contribution in [3.8, 4) is 0 Å². The number of carbonyl (C=O) groups is 2. The van der Waals surface area contributed by atoms with Crippen LogP contribution >= 0.6 is 0 Å². The molecule has 1 aromatic carbocycles. The summed E-state index contributed by atoms with van der Waals surface area (Å²) in [4.78, 5) is 21.4. The maximum Gasteiger partial charge on any atom is 0.309 e. The third kappa shape index (κ3) is 3.50. The van der Waals surface area contributed by atoms with Crippen molar-refractivity contribution in [1.82, 2.24) is 0 Å². The van der Waals surface area contributed by atoms with E-state index in [9.17, 15) is 9.59 Å². The van der Waals surface area contributed by atoms with Crippen LogP contribution in [0.15, 0.2) is 18.2 Å². The zero-order valence-electron chi connectivity index (χ0n) is 9.66. The largest absolute Gasteiger partial charge is 0.469 e. The van der Waals surface area contributed by atoms with Gasteiger partial charge in [0.2, 0.25) is 0 Å². The molecule has 86 valence electrons. The molecule has 16 heavy (non-hydrogen) atoms. The van der Waals surface area contributed by atoms with Gasteiger partial charge in [0.15, 0.2) is 0 Å². The molecule has 0 spiro atoms. The number of rotatable bonds is 5. The van der Waals surface area contributed by atoms with Crippen molar-refractivity contribution in [1.29, 1.82) is 0 Å². The van der Waals surface area contributed by atoms with Gasteiger partial charge in [0.25, 0.3) is 0 Å². The number of esters is 1. The summed E-state index contributed by atoms with van der Waals surface area (Å²) in [5.41, 5.74) is 3.21. The SMILES string of the molecule is COC(=O)Cc1ccc(CCC=O)c(C)c1. The summed E-state index contributed by atoms with van der Waals surface area (Å²) >= 11 is 0. The Kier molecular flexibility index (Phi) is 4.70. The second-order valence-electron chi connectivity index (χ2n) is 3.72. The lowest BCUT2D eigenvalue weighted by molar-refractivity contribution is -0.139. The highest BCUT2D eigenvalue weighted by atomic mass is 16.5. The van der Waals surface area contributed by atoms with Gasteiger partial charge in [0, 0.05) is 6.42 Å². The molecule has 0 saturated heterocycles. The number of methoxy groups -OCH3 is 1. The molecule has 0 atom stereocenters. The molecule has 3 nitrogen and oxygen atoms in total. The minimum Gasteiger partial charge on any atom is -0.469 e. The molecule has 0 unspecified atom stereocenters. The maximum absolute atomic E-state index is 11.1. The Hall–Kier alpha value is -1.64. The molecule has 0 aliphatic carbocycles. The number of carbonyl (C=O) groups excluding carboxylic acids is 2. The Balaban J connectivity index is 2.74. The standard InChI is InChI=1S/C13H16O3/c1-10-8-11(9-13(15)16-2)5-6-12(10)4-3-7-14/h5-8H,3-4,9H2,1-2H3. The van der Waals surface area contributed by atoms with E-state index in [1.165, 1.54) is 7.11 Å². The van der Waals surface area contributed by atoms with Gasteiger partial charge in [-0.15, -0.1) is 0 Å². The van der Waals surface area contributed by atoms with E-state index in [1.54, 1.807) is 0 Å². The third-order valence-corrected chi connectivity index (χ3v) is 2.51.